The van der Waals surface area contributed by atoms with E-state index in [9.17, 15) is 4.79 Å². The highest BCUT2D eigenvalue weighted by molar-refractivity contribution is 5.66. The van der Waals surface area contributed by atoms with Crippen LogP contribution in [0.25, 0.3) is 0 Å². The van der Waals surface area contributed by atoms with Crippen LogP contribution in [0.3, 0.4) is 0 Å². The molecule has 1 aromatic rings. The molecular formula is C12H17NO2. The first-order chi connectivity index (χ1) is 7.15. The van der Waals surface area contributed by atoms with Crippen molar-refractivity contribution in [3.63, 3.8) is 0 Å². The van der Waals surface area contributed by atoms with Gasteiger partial charge in [-0.3, -0.25) is 0 Å². The highest BCUT2D eigenvalue weighted by Crippen LogP contribution is 2.08. The maximum absolute atomic E-state index is 11.1. The molecule has 0 aliphatic heterocycles. The number of methoxy groups -OCH3 is 1. The molecule has 0 aromatic heterocycles. The van der Waals surface area contributed by atoms with Gasteiger partial charge >= 0.3 is 6.09 Å². The van der Waals surface area contributed by atoms with Crippen LogP contribution < -0.4 is 0 Å². The molecule has 1 rings (SSSR count). The van der Waals surface area contributed by atoms with Gasteiger partial charge < -0.3 is 9.64 Å². The number of likely N-dealkylation sites (N-methyl/N-ethyl adjacent to an activating group) is 1. The minimum Gasteiger partial charge on any atom is -0.453 e. The maximum atomic E-state index is 11.1. The van der Waals surface area contributed by atoms with Crippen molar-refractivity contribution < 1.29 is 9.53 Å². The molecule has 0 N–H and O–H groups in total. The van der Waals surface area contributed by atoms with Crippen LogP contribution in [0, 0.1) is 6.92 Å². The van der Waals surface area contributed by atoms with Crippen molar-refractivity contribution in [3.8, 4) is 0 Å². The Bertz CT molecular complexity index is 336. The summed E-state index contributed by atoms with van der Waals surface area (Å²) in [6.07, 6.45) is 0.571. The van der Waals surface area contributed by atoms with Crippen molar-refractivity contribution >= 4 is 6.09 Å². The molecule has 0 saturated heterocycles. The second-order valence-corrected chi connectivity index (χ2v) is 3.57. The van der Waals surface area contributed by atoms with Crippen LogP contribution in [0.4, 0.5) is 4.79 Å². The van der Waals surface area contributed by atoms with E-state index in [1.165, 1.54) is 18.2 Å². The molecule has 0 spiro atoms. The summed E-state index contributed by atoms with van der Waals surface area (Å²) in [5.74, 6) is 0. The highest BCUT2D eigenvalue weighted by Gasteiger charge is 2.07. The van der Waals surface area contributed by atoms with E-state index in [4.69, 9.17) is 0 Å². The topological polar surface area (TPSA) is 29.5 Å². The van der Waals surface area contributed by atoms with Crippen LogP contribution in [0.1, 0.15) is 11.1 Å². The van der Waals surface area contributed by atoms with Gasteiger partial charge in [-0.15, -0.1) is 0 Å². The van der Waals surface area contributed by atoms with Gasteiger partial charge in [0.15, 0.2) is 0 Å². The number of nitrogens with zero attached hydrogens (tertiary/aromatic N) is 1. The van der Waals surface area contributed by atoms with E-state index in [1.54, 1.807) is 11.9 Å². The number of benzene rings is 1. The van der Waals surface area contributed by atoms with E-state index in [0.717, 1.165) is 6.42 Å². The number of aryl methyl sites for hydroxylation is 1. The fraction of sp³-hybridized carbons (Fsp3) is 0.417. The Hall–Kier alpha value is -1.51. The zero-order chi connectivity index (χ0) is 11.3. The number of hydrogen-bond acceptors (Lipinski definition) is 2. The SMILES string of the molecule is COC(=O)N(C)CCc1ccccc1C. The van der Waals surface area contributed by atoms with Crippen LogP contribution >= 0.6 is 0 Å². The van der Waals surface area contributed by atoms with Gasteiger partial charge in [0.25, 0.3) is 0 Å². The minimum absolute atomic E-state index is 0.288. The van der Waals surface area contributed by atoms with Crippen LogP contribution in [-0.4, -0.2) is 31.7 Å². The van der Waals surface area contributed by atoms with Gasteiger partial charge in [0.05, 0.1) is 7.11 Å². The highest BCUT2D eigenvalue weighted by atomic mass is 16.5. The zero-order valence-corrected chi connectivity index (χ0v) is 9.49. The maximum Gasteiger partial charge on any atom is 0.409 e. The van der Waals surface area contributed by atoms with E-state index in [1.807, 2.05) is 12.1 Å². The average Bonchev–Trinajstić information content (AvgIpc) is 2.26. The lowest BCUT2D eigenvalue weighted by Gasteiger charge is -2.15. The minimum atomic E-state index is -0.288. The first-order valence-electron chi connectivity index (χ1n) is 4.98. The van der Waals surface area contributed by atoms with Gasteiger partial charge in [-0.05, 0) is 24.5 Å². The van der Waals surface area contributed by atoms with Gasteiger partial charge in [-0.25, -0.2) is 4.79 Å². The summed E-state index contributed by atoms with van der Waals surface area (Å²) in [6.45, 7) is 2.75. The number of amides is 1. The molecule has 15 heavy (non-hydrogen) atoms. The van der Waals surface area contributed by atoms with E-state index >= 15 is 0 Å². The van der Waals surface area contributed by atoms with Gasteiger partial charge in [-0.1, -0.05) is 24.3 Å². The third kappa shape index (κ3) is 3.27. The van der Waals surface area contributed by atoms with Crippen LogP contribution in [0.15, 0.2) is 24.3 Å². The van der Waals surface area contributed by atoms with E-state index in [-0.39, 0.29) is 6.09 Å². The average molecular weight is 207 g/mol. The molecule has 0 radical (unpaired) electrons. The molecule has 0 fully saturated rings. The van der Waals surface area contributed by atoms with Crippen LogP contribution in [-0.2, 0) is 11.2 Å². The molecule has 82 valence electrons. The van der Waals surface area contributed by atoms with Crippen molar-refractivity contribution in [1.82, 2.24) is 4.90 Å². The lowest BCUT2D eigenvalue weighted by molar-refractivity contribution is 0.134. The van der Waals surface area contributed by atoms with Gasteiger partial charge in [0.2, 0.25) is 0 Å². The molecule has 1 aromatic carbocycles. The molecule has 0 unspecified atom stereocenters. The van der Waals surface area contributed by atoms with Gasteiger partial charge in [0, 0.05) is 13.6 Å². The molecule has 3 heteroatoms. The van der Waals surface area contributed by atoms with Crippen molar-refractivity contribution in [2.75, 3.05) is 20.7 Å². The number of hydrogen-bond donors (Lipinski definition) is 0. The Morgan fingerprint density at radius 2 is 2.07 bits per heavy atom. The molecule has 0 aliphatic carbocycles. The monoisotopic (exact) mass is 207 g/mol. The molecule has 0 bridgehead atoms. The Labute approximate surface area is 90.7 Å². The fourth-order valence-corrected chi connectivity index (χ4v) is 1.43. The van der Waals surface area contributed by atoms with Gasteiger partial charge in [-0.2, -0.15) is 0 Å². The molecule has 0 atom stereocenters. The predicted molar refractivity (Wildman–Crippen MR) is 59.9 cm³/mol. The Kier molecular flexibility index (Phi) is 4.16. The summed E-state index contributed by atoms with van der Waals surface area (Å²) >= 11 is 0. The Morgan fingerprint density at radius 1 is 1.40 bits per heavy atom. The molecule has 0 heterocycles. The molecular weight excluding hydrogens is 190 g/mol. The Balaban J connectivity index is 2.50. The van der Waals surface area contributed by atoms with E-state index in [0.29, 0.717) is 6.54 Å². The van der Waals surface area contributed by atoms with Crippen molar-refractivity contribution in [2.24, 2.45) is 0 Å². The predicted octanol–water partition coefficient (Wildman–Crippen LogP) is 2.24. The first-order valence-corrected chi connectivity index (χ1v) is 4.98. The van der Waals surface area contributed by atoms with Crippen molar-refractivity contribution in [1.29, 1.82) is 0 Å². The third-order valence-corrected chi connectivity index (χ3v) is 2.46. The van der Waals surface area contributed by atoms with E-state index < -0.39 is 0 Å². The summed E-state index contributed by atoms with van der Waals surface area (Å²) in [7, 11) is 3.14. The first kappa shape index (κ1) is 11.6. The van der Waals surface area contributed by atoms with Crippen molar-refractivity contribution in [2.45, 2.75) is 13.3 Å². The summed E-state index contributed by atoms with van der Waals surface area (Å²) in [5, 5.41) is 0. The van der Waals surface area contributed by atoms with Crippen LogP contribution in [0.2, 0.25) is 0 Å². The van der Waals surface area contributed by atoms with Gasteiger partial charge in [0.1, 0.15) is 0 Å². The summed E-state index contributed by atoms with van der Waals surface area (Å²) in [6, 6.07) is 8.19. The number of carbonyl (C=O) groups is 1. The third-order valence-electron chi connectivity index (χ3n) is 2.46. The summed E-state index contributed by atoms with van der Waals surface area (Å²) < 4.78 is 4.62. The largest absolute Gasteiger partial charge is 0.453 e. The quantitative estimate of drug-likeness (QED) is 0.760. The zero-order valence-electron chi connectivity index (χ0n) is 9.49. The number of carbonyl (C=O) groups excluding carboxylic acids is 1. The van der Waals surface area contributed by atoms with Crippen molar-refractivity contribution in [3.05, 3.63) is 35.4 Å². The molecule has 3 nitrogen and oxygen atoms in total. The number of rotatable bonds is 3. The smallest absolute Gasteiger partial charge is 0.409 e. The molecule has 1 amide bonds. The second kappa shape index (κ2) is 5.39. The Morgan fingerprint density at radius 3 is 2.67 bits per heavy atom. The summed E-state index contributed by atoms with van der Waals surface area (Å²) in [4.78, 5) is 12.7. The number of ether oxygens (including phenoxy) is 1. The molecule has 0 aliphatic rings. The fourth-order valence-electron chi connectivity index (χ4n) is 1.43. The van der Waals surface area contributed by atoms with E-state index in [2.05, 4.69) is 23.8 Å². The standard InChI is InChI=1S/C12H17NO2/c1-10-6-4-5-7-11(10)8-9-13(2)12(14)15-3/h4-7H,8-9H2,1-3H3. The van der Waals surface area contributed by atoms with Crippen LogP contribution in [0.5, 0.6) is 0 Å². The molecule has 0 saturated carbocycles. The lowest BCUT2D eigenvalue weighted by Crippen LogP contribution is -2.28. The summed E-state index contributed by atoms with van der Waals surface area (Å²) in [5.41, 5.74) is 2.53. The lowest BCUT2D eigenvalue weighted by atomic mass is 10.1. The normalized spacial score (nSPS) is 9.80. The second-order valence-electron chi connectivity index (χ2n) is 3.57.